The van der Waals surface area contributed by atoms with Crippen molar-refractivity contribution in [3.8, 4) is 0 Å². The van der Waals surface area contributed by atoms with Gasteiger partial charge in [-0.2, -0.15) is 11.8 Å². The third-order valence-electron chi connectivity index (χ3n) is 4.94. The first-order chi connectivity index (χ1) is 16.4. The van der Waals surface area contributed by atoms with E-state index in [2.05, 4.69) is 25.9 Å². The van der Waals surface area contributed by atoms with E-state index in [4.69, 9.17) is 11.5 Å². The average molecular weight is 514 g/mol. The van der Waals surface area contributed by atoms with E-state index >= 15 is 0 Å². The Balaban J connectivity index is 2.96. The summed E-state index contributed by atoms with van der Waals surface area (Å²) in [5.74, 6) is -3.66. The molecule has 0 aliphatic rings. The number of aromatic nitrogens is 2. The molecule has 1 rings (SSSR count). The lowest BCUT2D eigenvalue weighted by Crippen LogP contribution is -2.58. The fourth-order valence-corrected chi connectivity index (χ4v) is 3.64. The predicted octanol–water partition coefficient (Wildman–Crippen LogP) is -1.51. The second-order valence-electron chi connectivity index (χ2n) is 8.49. The van der Waals surface area contributed by atoms with Crippen molar-refractivity contribution in [3.63, 3.8) is 0 Å². The van der Waals surface area contributed by atoms with Crippen LogP contribution in [0.25, 0.3) is 0 Å². The zero-order valence-electron chi connectivity index (χ0n) is 20.1. The fourth-order valence-electron chi connectivity index (χ4n) is 3.17. The molecule has 1 aromatic heterocycles. The van der Waals surface area contributed by atoms with Gasteiger partial charge in [-0.3, -0.25) is 19.2 Å². The summed E-state index contributed by atoms with van der Waals surface area (Å²) in [6.45, 7) is 3.76. The fraction of sp³-hybridized carbons (Fsp3) is 0.619. The van der Waals surface area contributed by atoms with Crippen LogP contribution >= 0.6 is 11.8 Å². The zero-order valence-corrected chi connectivity index (χ0v) is 20.9. The normalized spacial score (nSPS) is 14.4. The minimum Gasteiger partial charge on any atom is -0.480 e. The van der Waals surface area contributed by atoms with E-state index in [-0.39, 0.29) is 18.8 Å². The van der Waals surface area contributed by atoms with Crippen molar-refractivity contribution >= 4 is 41.4 Å². The van der Waals surface area contributed by atoms with E-state index in [1.165, 1.54) is 24.3 Å². The molecule has 0 radical (unpaired) electrons. The molecule has 0 spiro atoms. The van der Waals surface area contributed by atoms with Gasteiger partial charge in [0.2, 0.25) is 23.6 Å². The number of H-pyrrole nitrogens is 1. The molecule has 0 fully saturated rings. The van der Waals surface area contributed by atoms with Crippen molar-refractivity contribution in [2.45, 2.75) is 63.7 Å². The summed E-state index contributed by atoms with van der Waals surface area (Å²) < 4.78 is 0. The Labute approximate surface area is 207 Å². The molecule has 0 aliphatic carbocycles. The maximum absolute atomic E-state index is 12.9. The number of primary amides is 1. The SMILES string of the molecule is CSCCC(NC(=O)C(CC(N)=O)NC(=O)C(N)CC(C)C)C(=O)NC(Cc1cnc[nH]1)C(=O)O. The topological polar surface area (TPSA) is 222 Å². The van der Waals surface area contributed by atoms with E-state index in [0.29, 0.717) is 17.9 Å². The molecule has 0 bridgehead atoms. The smallest absolute Gasteiger partial charge is 0.326 e. The Morgan fingerprint density at radius 3 is 2.17 bits per heavy atom. The number of carboxylic acids is 1. The number of carboxylic acid groups (broad SMARTS) is 1. The summed E-state index contributed by atoms with van der Waals surface area (Å²) >= 11 is 1.42. The van der Waals surface area contributed by atoms with Gasteiger partial charge in [0.1, 0.15) is 18.1 Å². The van der Waals surface area contributed by atoms with Crippen LogP contribution in [0.2, 0.25) is 0 Å². The van der Waals surface area contributed by atoms with Crippen molar-refractivity contribution in [1.82, 2.24) is 25.9 Å². The maximum atomic E-state index is 12.9. The standard InChI is InChI=1S/C21H35N7O6S/c1-11(2)6-13(22)18(30)27-15(8-17(23)29)20(32)26-14(4-5-35-3)19(31)28-16(21(33)34)7-12-9-24-10-25-12/h9-11,13-16H,4-8,22H2,1-3H3,(H2,23,29)(H,24,25)(H,26,32)(H,27,30)(H,28,31)(H,33,34). The van der Waals surface area contributed by atoms with Gasteiger partial charge in [-0.05, 0) is 30.8 Å². The number of nitrogens with two attached hydrogens (primary N) is 2. The van der Waals surface area contributed by atoms with Crippen LogP contribution < -0.4 is 27.4 Å². The number of thioether (sulfide) groups is 1. The van der Waals surface area contributed by atoms with Crippen molar-refractivity contribution < 1.29 is 29.1 Å². The van der Waals surface area contributed by atoms with Crippen molar-refractivity contribution in [2.75, 3.05) is 12.0 Å². The minimum absolute atomic E-state index is 0.0433. The second-order valence-corrected chi connectivity index (χ2v) is 9.48. The second kappa shape index (κ2) is 15.0. The molecule has 13 nitrogen and oxygen atoms in total. The first-order valence-corrected chi connectivity index (χ1v) is 12.5. The van der Waals surface area contributed by atoms with Gasteiger partial charge in [0.05, 0.1) is 18.8 Å². The van der Waals surface area contributed by atoms with E-state index in [1.807, 2.05) is 13.8 Å². The average Bonchev–Trinajstić information content (AvgIpc) is 3.27. The molecule has 0 aliphatic heterocycles. The first kappa shape index (κ1) is 29.9. The van der Waals surface area contributed by atoms with Gasteiger partial charge in [-0.15, -0.1) is 0 Å². The van der Waals surface area contributed by atoms with E-state index in [1.54, 1.807) is 6.26 Å². The number of nitrogens with one attached hydrogen (secondary N) is 4. The van der Waals surface area contributed by atoms with Gasteiger partial charge >= 0.3 is 5.97 Å². The quantitative estimate of drug-likeness (QED) is 0.136. The summed E-state index contributed by atoms with van der Waals surface area (Å²) in [6.07, 6.45) is 4.63. The number of nitrogens with zero attached hydrogens (tertiary/aromatic N) is 1. The number of hydrogen-bond donors (Lipinski definition) is 7. The Bertz CT molecular complexity index is 864. The Kier molecular flexibility index (Phi) is 12.8. The Morgan fingerprint density at radius 2 is 1.66 bits per heavy atom. The molecule has 1 aromatic rings. The molecule has 0 aromatic carbocycles. The van der Waals surface area contributed by atoms with Crippen LogP contribution in [0.15, 0.2) is 12.5 Å². The summed E-state index contributed by atoms with van der Waals surface area (Å²) in [4.78, 5) is 68.0. The summed E-state index contributed by atoms with van der Waals surface area (Å²) in [6, 6.07) is -4.63. The van der Waals surface area contributed by atoms with E-state index in [0.717, 1.165) is 0 Å². The monoisotopic (exact) mass is 513 g/mol. The molecule has 14 heteroatoms. The van der Waals surface area contributed by atoms with Gasteiger partial charge < -0.3 is 37.5 Å². The highest BCUT2D eigenvalue weighted by atomic mass is 32.2. The molecule has 196 valence electrons. The summed E-state index contributed by atoms with van der Waals surface area (Å²) in [5, 5.41) is 16.9. The molecule has 4 amide bonds. The van der Waals surface area contributed by atoms with Crippen LogP contribution in [-0.4, -0.2) is 80.8 Å². The number of rotatable bonds is 16. The number of aliphatic carboxylic acids is 1. The number of carbonyl (C=O) groups is 5. The maximum Gasteiger partial charge on any atom is 0.326 e. The number of hydrogen-bond acceptors (Lipinski definition) is 8. The van der Waals surface area contributed by atoms with Crippen LogP contribution in [0, 0.1) is 5.92 Å². The highest BCUT2D eigenvalue weighted by Gasteiger charge is 2.31. The van der Waals surface area contributed by atoms with Crippen LogP contribution in [-0.2, 0) is 30.4 Å². The van der Waals surface area contributed by atoms with Crippen LogP contribution in [0.4, 0.5) is 0 Å². The molecule has 35 heavy (non-hydrogen) atoms. The lowest BCUT2D eigenvalue weighted by molar-refractivity contribution is -0.142. The number of imidazole rings is 1. The molecular formula is C21H35N7O6S. The molecule has 4 unspecified atom stereocenters. The third-order valence-corrected chi connectivity index (χ3v) is 5.58. The van der Waals surface area contributed by atoms with Crippen LogP contribution in [0.3, 0.4) is 0 Å². The van der Waals surface area contributed by atoms with E-state index < -0.39 is 60.2 Å². The third kappa shape index (κ3) is 11.2. The number of carbonyl (C=O) groups excluding carboxylic acids is 4. The lowest BCUT2D eigenvalue weighted by Gasteiger charge is -2.25. The highest BCUT2D eigenvalue weighted by Crippen LogP contribution is 2.07. The van der Waals surface area contributed by atoms with Gasteiger partial charge in [-0.25, -0.2) is 9.78 Å². The molecule has 9 N–H and O–H groups in total. The lowest BCUT2D eigenvalue weighted by atomic mass is 10.0. The summed E-state index contributed by atoms with van der Waals surface area (Å²) in [7, 11) is 0. The van der Waals surface area contributed by atoms with Crippen molar-refractivity contribution in [1.29, 1.82) is 0 Å². The Morgan fingerprint density at radius 1 is 1.06 bits per heavy atom. The largest absolute Gasteiger partial charge is 0.480 e. The van der Waals surface area contributed by atoms with Crippen LogP contribution in [0.5, 0.6) is 0 Å². The van der Waals surface area contributed by atoms with Gasteiger partial charge in [-0.1, -0.05) is 13.8 Å². The highest BCUT2D eigenvalue weighted by molar-refractivity contribution is 7.98. The molecular weight excluding hydrogens is 478 g/mol. The minimum atomic E-state index is -1.34. The number of aromatic amines is 1. The number of amides is 4. The molecule has 0 saturated carbocycles. The predicted molar refractivity (Wildman–Crippen MR) is 130 cm³/mol. The van der Waals surface area contributed by atoms with Crippen molar-refractivity contribution in [3.05, 3.63) is 18.2 Å². The molecule has 1 heterocycles. The first-order valence-electron chi connectivity index (χ1n) is 11.1. The Hall–Kier alpha value is -3.13. The van der Waals surface area contributed by atoms with Gasteiger partial charge in [0.15, 0.2) is 0 Å². The van der Waals surface area contributed by atoms with Gasteiger partial charge in [0, 0.05) is 18.3 Å². The molecule has 4 atom stereocenters. The zero-order chi connectivity index (χ0) is 26.5. The van der Waals surface area contributed by atoms with E-state index in [9.17, 15) is 29.1 Å². The van der Waals surface area contributed by atoms with Crippen molar-refractivity contribution in [2.24, 2.45) is 17.4 Å². The van der Waals surface area contributed by atoms with Gasteiger partial charge in [0.25, 0.3) is 0 Å². The van der Waals surface area contributed by atoms with Crippen LogP contribution in [0.1, 0.15) is 38.8 Å². The molecule has 0 saturated heterocycles. The summed E-state index contributed by atoms with van der Waals surface area (Å²) in [5.41, 5.74) is 11.6.